The summed E-state index contributed by atoms with van der Waals surface area (Å²) in [7, 11) is 0. The van der Waals surface area contributed by atoms with Crippen LogP contribution in [0.1, 0.15) is 18.1 Å². The summed E-state index contributed by atoms with van der Waals surface area (Å²) in [6.07, 6.45) is 0. The topological polar surface area (TPSA) is 49.4 Å². The van der Waals surface area contributed by atoms with E-state index in [2.05, 4.69) is 5.32 Å². The summed E-state index contributed by atoms with van der Waals surface area (Å²) >= 11 is 0. The Balaban J connectivity index is 2.07. The van der Waals surface area contributed by atoms with Crippen LogP contribution in [-0.4, -0.2) is 23.3 Å². The van der Waals surface area contributed by atoms with Gasteiger partial charge < -0.3 is 5.32 Å². The zero-order valence-corrected chi connectivity index (χ0v) is 13.5. The van der Waals surface area contributed by atoms with E-state index in [0.29, 0.717) is 23.4 Å². The molecule has 0 fully saturated rings. The minimum atomic E-state index is -0.373. The molecule has 0 aromatic heterocycles. The maximum Gasteiger partial charge on any atom is 0.278 e. The van der Waals surface area contributed by atoms with Crippen LogP contribution >= 0.6 is 0 Å². The maximum absolute atomic E-state index is 13.1. The molecule has 2 aromatic carbocycles. The lowest BCUT2D eigenvalue weighted by atomic mass is 10.0. The lowest BCUT2D eigenvalue weighted by Crippen LogP contribution is -2.32. The summed E-state index contributed by atoms with van der Waals surface area (Å²) in [4.78, 5) is 26.4. The molecule has 0 saturated heterocycles. The summed E-state index contributed by atoms with van der Waals surface area (Å²) in [5.41, 5.74) is 2.86. The summed E-state index contributed by atoms with van der Waals surface area (Å²) in [5, 5.41) is 2.98. The fraction of sp³-hybridized carbons (Fsp3) is 0.158. The van der Waals surface area contributed by atoms with Crippen LogP contribution < -0.4 is 5.32 Å². The van der Waals surface area contributed by atoms with Crippen molar-refractivity contribution in [1.82, 2.24) is 4.90 Å². The van der Waals surface area contributed by atoms with Gasteiger partial charge in [0.05, 0.1) is 5.57 Å². The van der Waals surface area contributed by atoms with Crippen LogP contribution in [0.2, 0.25) is 0 Å². The number of rotatable bonds is 4. The molecule has 2 aromatic rings. The molecule has 0 saturated carbocycles. The highest BCUT2D eigenvalue weighted by atomic mass is 19.1. The zero-order chi connectivity index (χ0) is 17.3. The average Bonchev–Trinajstić information content (AvgIpc) is 2.81. The predicted octanol–water partition coefficient (Wildman–Crippen LogP) is 3.35. The molecule has 0 bridgehead atoms. The Bertz CT molecular complexity index is 823. The molecule has 0 radical (unpaired) electrons. The molecule has 0 unspecified atom stereocenters. The fourth-order valence-electron chi connectivity index (χ4n) is 2.64. The van der Waals surface area contributed by atoms with Gasteiger partial charge in [-0.2, -0.15) is 0 Å². The first-order valence-corrected chi connectivity index (χ1v) is 7.71. The Morgan fingerprint density at radius 1 is 0.958 bits per heavy atom. The van der Waals surface area contributed by atoms with Crippen molar-refractivity contribution in [3.05, 3.63) is 71.2 Å². The third-order valence-electron chi connectivity index (χ3n) is 3.94. The van der Waals surface area contributed by atoms with E-state index in [1.807, 2.05) is 31.2 Å². The van der Waals surface area contributed by atoms with Gasteiger partial charge >= 0.3 is 0 Å². The molecule has 5 heteroatoms. The number of likely N-dealkylation sites (N-methyl/N-ethyl adjacent to an activating group) is 1. The van der Waals surface area contributed by atoms with Crippen molar-refractivity contribution < 1.29 is 14.0 Å². The van der Waals surface area contributed by atoms with Gasteiger partial charge in [0.15, 0.2) is 0 Å². The van der Waals surface area contributed by atoms with E-state index >= 15 is 0 Å². The molecule has 1 aliphatic heterocycles. The first-order chi connectivity index (χ1) is 11.5. The van der Waals surface area contributed by atoms with Gasteiger partial charge in [-0.3, -0.25) is 14.5 Å². The van der Waals surface area contributed by atoms with Gasteiger partial charge in [0.1, 0.15) is 11.5 Å². The van der Waals surface area contributed by atoms with Crippen LogP contribution in [0.25, 0.3) is 5.57 Å². The van der Waals surface area contributed by atoms with Gasteiger partial charge in [0.25, 0.3) is 11.8 Å². The largest absolute Gasteiger partial charge is 0.350 e. The average molecular weight is 324 g/mol. The van der Waals surface area contributed by atoms with Crippen LogP contribution in [0.15, 0.2) is 54.2 Å². The van der Waals surface area contributed by atoms with Crippen LogP contribution in [0.5, 0.6) is 0 Å². The van der Waals surface area contributed by atoms with Crippen LogP contribution in [0, 0.1) is 12.7 Å². The first-order valence-electron chi connectivity index (χ1n) is 7.71. The highest BCUT2D eigenvalue weighted by Gasteiger charge is 2.38. The predicted molar refractivity (Wildman–Crippen MR) is 90.5 cm³/mol. The quantitative estimate of drug-likeness (QED) is 0.878. The molecule has 1 heterocycles. The molecule has 4 nitrogen and oxygen atoms in total. The Morgan fingerprint density at radius 2 is 1.58 bits per heavy atom. The van der Waals surface area contributed by atoms with E-state index in [-0.39, 0.29) is 23.3 Å². The SMILES string of the molecule is CCN1C(=O)C(Nc2ccc(F)cc2)=C(c2ccc(C)cc2)C1=O. The van der Waals surface area contributed by atoms with Crippen molar-refractivity contribution in [3.63, 3.8) is 0 Å². The minimum Gasteiger partial charge on any atom is -0.350 e. The summed E-state index contributed by atoms with van der Waals surface area (Å²) in [5.74, 6) is -1.06. The normalized spacial score (nSPS) is 14.5. The second-order valence-corrected chi connectivity index (χ2v) is 5.60. The van der Waals surface area contributed by atoms with Crippen molar-refractivity contribution >= 4 is 23.1 Å². The molecule has 24 heavy (non-hydrogen) atoms. The fourth-order valence-corrected chi connectivity index (χ4v) is 2.64. The third kappa shape index (κ3) is 2.80. The Morgan fingerprint density at radius 3 is 2.17 bits per heavy atom. The van der Waals surface area contributed by atoms with Crippen molar-refractivity contribution in [3.8, 4) is 0 Å². The van der Waals surface area contributed by atoms with Gasteiger partial charge in [-0.25, -0.2) is 4.39 Å². The van der Waals surface area contributed by atoms with E-state index in [1.165, 1.54) is 29.2 Å². The number of halogens is 1. The number of imide groups is 1. The number of carbonyl (C=O) groups excluding carboxylic acids is 2. The van der Waals surface area contributed by atoms with Crippen LogP contribution in [0.3, 0.4) is 0 Å². The number of anilines is 1. The molecular weight excluding hydrogens is 307 g/mol. The van der Waals surface area contributed by atoms with E-state index in [1.54, 1.807) is 6.92 Å². The van der Waals surface area contributed by atoms with Crippen molar-refractivity contribution in [2.24, 2.45) is 0 Å². The number of benzene rings is 2. The monoisotopic (exact) mass is 324 g/mol. The minimum absolute atomic E-state index is 0.220. The number of nitrogens with zero attached hydrogens (tertiary/aromatic N) is 1. The van der Waals surface area contributed by atoms with E-state index in [0.717, 1.165) is 5.56 Å². The molecule has 122 valence electrons. The Labute approximate surface area is 139 Å². The maximum atomic E-state index is 13.1. The summed E-state index contributed by atoms with van der Waals surface area (Å²) < 4.78 is 13.1. The molecular formula is C19H17FN2O2. The number of hydrogen-bond donors (Lipinski definition) is 1. The Hall–Kier alpha value is -2.95. The molecule has 2 amide bonds. The van der Waals surface area contributed by atoms with Crippen molar-refractivity contribution in [2.45, 2.75) is 13.8 Å². The lowest BCUT2D eigenvalue weighted by molar-refractivity contribution is -0.136. The van der Waals surface area contributed by atoms with E-state index < -0.39 is 0 Å². The van der Waals surface area contributed by atoms with Gasteiger partial charge in [0.2, 0.25) is 0 Å². The smallest absolute Gasteiger partial charge is 0.278 e. The zero-order valence-electron chi connectivity index (χ0n) is 13.5. The van der Waals surface area contributed by atoms with E-state index in [4.69, 9.17) is 0 Å². The molecule has 1 N–H and O–H groups in total. The van der Waals surface area contributed by atoms with Crippen molar-refractivity contribution in [1.29, 1.82) is 0 Å². The van der Waals surface area contributed by atoms with Gasteiger partial charge in [-0.05, 0) is 43.7 Å². The lowest BCUT2D eigenvalue weighted by Gasteiger charge is -2.12. The molecule has 3 rings (SSSR count). The Kier molecular flexibility index (Phi) is 4.16. The number of aryl methyl sites for hydroxylation is 1. The van der Waals surface area contributed by atoms with E-state index in [9.17, 15) is 14.0 Å². The third-order valence-corrected chi connectivity index (χ3v) is 3.94. The van der Waals surface area contributed by atoms with Crippen molar-refractivity contribution in [2.75, 3.05) is 11.9 Å². The molecule has 1 aliphatic rings. The standard InChI is InChI=1S/C19H17FN2O2/c1-3-22-18(23)16(13-6-4-12(2)5-7-13)17(19(22)24)21-15-10-8-14(20)9-11-15/h4-11,21H,3H2,1-2H3. The number of nitrogens with one attached hydrogen (secondary N) is 1. The van der Waals surface area contributed by atoms with Crippen LogP contribution in [-0.2, 0) is 9.59 Å². The highest BCUT2D eigenvalue weighted by molar-refractivity contribution is 6.36. The first kappa shape index (κ1) is 15.9. The van der Waals surface area contributed by atoms with Crippen LogP contribution in [0.4, 0.5) is 10.1 Å². The number of hydrogen-bond acceptors (Lipinski definition) is 3. The summed E-state index contributed by atoms with van der Waals surface area (Å²) in [6.45, 7) is 4.00. The molecule has 0 aliphatic carbocycles. The van der Waals surface area contributed by atoms with Gasteiger partial charge in [0, 0.05) is 12.2 Å². The second kappa shape index (κ2) is 6.28. The highest BCUT2D eigenvalue weighted by Crippen LogP contribution is 2.30. The number of carbonyl (C=O) groups is 2. The second-order valence-electron chi connectivity index (χ2n) is 5.60. The molecule has 0 spiro atoms. The number of amides is 2. The van der Waals surface area contributed by atoms with Gasteiger partial charge in [-0.15, -0.1) is 0 Å². The molecule has 0 atom stereocenters. The van der Waals surface area contributed by atoms with Gasteiger partial charge in [-0.1, -0.05) is 29.8 Å². The summed E-state index contributed by atoms with van der Waals surface area (Å²) in [6, 6.07) is 13.1.